The quantitative estimate of drug-likeness (QED) is 0.777. The Labute approximate surface area is 141 Å². The van der Waals surface area contributed by atoms with E-state index in [9.17, 15) is 9.59 Å². The van der Waals surface area contributed by atoms with Gasteiger partial charge < -0.3 is 9.80 Å². The van der Waals surface area contributed by atoms with Crippen LogP contribution in [0.1, 0.15) is 86.5 Å². The Morgan fingerprint density at radius 1 is 0.957 bits per heavy atom. The highest BCUT2D eigenvalue weighted by molar-refractivity contribution is 5.77. The molecule has 1 saturated carbocycles. The number of hydrogen-bond donors (Lipinski definition) is 0. The van der Waals surface area contributed by atoms with Crippen molar-refractivity contribution >= 4 is 11.8 Å². The third-order valence-corrected chi connectivity index (χ3v) is 6.01. The van der Waals surface area contributed by atoms with Crippen LogP contribution in [0, 0.1) is 0 Å². The van der Waals surface area contributed by atoms with E-state index in [4.69, 9.17) is 0 Å². The molecule has 2 fully saturated rings. The number of hydrogen-bond acceptors (Lipinski definition) is 2. The molecule has 0 N–H and O–H groups in total. The van der Waals surface area contributed by atoms with Crippen molar-refractivity contribution < 1.29 is 9.59 Å². The summed E-state index contributed by atoms with van der Waals surface area (Å²) in [6.45, 7) is 11.9. The molecule has 1 heterocycles. The number of likely N-dealkylation sites (tertiary alicyclic amines) is 1. The van der Waals surface area contributed by atoms with Gasteiger partial charge in [0, 0.05) is 25.4 Å². The summed E-state index contributed by atoms with van der Waals surface area (Å²) in [5, 5.41) is 0. The molecule has 0 bridgehead atoms. The Morgan fingerprint density at radius 3 is 2.00 bits per heavy atom. The zero-order valence-corrected chi connectivity index (χ0v) is 15.8. The van der Waals surface area contributed by atoms with E-state index < -0.39 is 0 Å². The fraction of sp³-hybridized carbons (Fsp3) is 0.895. The molecule has 2 rings (SSSR count). The maximum Gasteiger partial charge on any atom is 0.220 e. The molecule has 23 heavy (non-hydrogen) atoms. The Bertz CT molecular complexity index is 464. The Balaban J connectivity index is 2.35. The van der Waals surface area contributed by atoms with Crippen LogP contribution in [0.3, 0.4) is 0 Å². The van der Waals surface area contributed by atoms with Gasteiger partial charge in [-0.3, -0.25) is 9.59 Å². The van der Waals surface area contributed by atoms with Gasteiger partial charge in [0.25, 0.3) is 0 Å². The van der Waals surface area contributed by atoms with Crippen LogP contribution in [0.2, 0.25) is 0 Å². The van der Waals surface area contributed by atoms with Crippen molar-refractivity contribution in [3.05, 3.63) is 0 Å². The Kier molecular flexibility index (Phi) is 5.12. The number of rotatable bonds is 2. The standard InChI is InChI=1S/C19H34N2O2/c1-14(22)20(16-10-8-7-9-11-16)17-12-13-18(3,4)21(15(2)23)19(17,5)6/h16-17H,7-13H2,1-6H3. The molecule has 4 heteroatoms. The molecule has 0 aromatic carbocycles. The zero-order chi connectivity index (χ0) is 17.4. The van der Waals surface area contributed by atoms with Crippen LogP contribution in [-0.4, -0.2) is 44.8 Å². The van der Waals surface area contributed by atoms with E-state index in [0.29, 0.717) is 6.04 Å². The highest BCUT2D eigenvalue weighted by Gasteiger charge is 2.51. The summed E-state index contributed by atoms with van der Waals surface area (Å²) < 4.78 is 0. The molecule has 0 spiro atoms. The van der Waals surface area contributed by atoms with Gasteiger partial charge in [-0.2, -0.15) is 0 Å². The average Bonchev–Trinajstić information content (AvgIpc) is 2.41. The maximum atomic E-state index is 12.5. The Morgan fingerprint density at radius 2 is 1.52 bits per heavy atom. The van der Waals surface area contributed by atoms with Gasteiger partial charge in [0.15, 0.2) is 0 Å². The minimum Gasteiger partial charge on any atom is -0.335 e. The molecule has 1 saturated heterocycles. The largest absolute Gasteiger partial charge is 0.335 e. The molecular formula is C19H34N2O2. The lowest BCUT2D eigenvalue weighted by Gasteiger charge is -2.59. The van der Waals surface area contributed by atoms with Crippen molar-refractivity contribution in [3.8, 4) is 0 Å². The summed E-state index contributed by atoms with van der Waals surface area (Å²) in [6, 6.07) is 0.459. The van der Waals surface area contributed by atoms with E-state index in [0.717, 1.165) is 25.7 Å². The summed E-state index contributed by atoms with van der Waals surface area (Å²) in [4.78, 5) is 29.0. The van der Waals surface area contributed by atoms with Gasteiger partial charge in [-0.05, 0) is 53.4 Å². The average molecular weight is 322 g/mol. The van der Waals surface area contributed by atoms with E-state index in [-0.39, 0.29) is 28.9 Å². The molecular weight excluding hydrogens is 288 g/mol. The van der Waals surface area contributed by atoms with Crippen LogP contribution >= 0.6 is 0 Å². The van der Waals surface area contributed by atoms with E-state index in [1.807, 2.05) is 4.90 Å². The predicted octanol–water partition coefficient (Wildman–Crippen LogP) is 3.74. The summed E-state index contributed by atoms with van der Waals surface area (Å²) in [7, 11) is 0. The molecule has 2 amide bonds. The second-order valence-electron chi connectivity index (χ2n) is 8.59. The lowest BCUT2D eigenvalue weighted by molar-refractivity contribution is -0.162. The van der Waals surface area contributed by atoms with Crippen LogP contribution in [-0.2, 0) is 9.59 Å². The fourth-order valence-electron chi connectivity index (χ4n) is 5.29. The normalized spacial score (nSPS) is 27.6. The van der Waals surface area contributed by atoms with Crippen molar-refractivity contribution in [3.63, 3.8) is 0 Å². The number of amides is 2. The van der Waals surface area contributed by atoms with Crippen molar-refractivity contribution in [1.82, 2.24) is 9.80 Å². The molecule has 1 unspecified atom stereocenters. The van der Waals surface area contributed by atoms with Gasteiger partial charge in [0.05, 0.1) is 11.6 Å². The van der Waals surface area contributed by atoms with Gasteiger partial charge in [-0.15, -0.1) is 0 Å². The molecule has 1 aliphatic carbocycles. The molecule has 0 aromatic rings. The second-order valence-corrected chi connectivity index (χ2v) is 8.59. The van der Waals surface area contributed by atoms with Crippen LogP contribution in [0.25, 0.3) is 0 Å². The van der Waals surface area contributed by atoms with Gasteiger partial charge >= 0.3 is 0 Å². The van der Waals surface area contributed by atoms with Gasteiger partial charge in [-0.1, -0.05) is 19.3 Å². The molecule has 0 radical (unpaired) electrons. The SMILES string of the molecule is CC(=O)N(C1CCCCC1)C1CCC(C)(C)N(C(C)=O)C1(C)C. The van der Waals surface area contributed by atoms with Crippen LogP contribution in [0.15, 0.2) is 0 Å². The van der Waals surface area contributed by atoms with Crippen molar-refractivity contribution in [2.24, 2.45) is 0 Å². The topological polar surface area (TPSA) is 40.6 Å². The number of piperidine rings is 1. The monoisotopic (exact) mass is 322 g/mol. The predicted molar refractivity (Wildman–Crippen MR) is 93.1 cm³/mol. The van der Waals surface area contributed by atoms with E-state index >= 15 is 0 Å². The maximum absolute atomic E-state index is 12.5. The molecule has 132 valence electrons. The van der Waals surface area contributed by atoms with Crippen molar-refractivity contribution in [1.29, 1.82) is 0 Å². The Hall–Kier alpha value is -1.06. The highest BCUT2D eigenvalue weighted by Crippen LogP contribution is 2.42. The van der Waals surface area contributed by atoms with Gasteiger partial charge in [0.1, 0.15) is 0 Å². The number of carbonyl (C=O) groups is 2. The van der Waals surface area contributed by atoms with Crippen molar-refractivity contribution in [2.45, 2.75) is 110 Å². The first-order valence-electron chi connectivity index (χ1n) is 9.19. The molecule has 1 aliphatic heterocycles. The lowest BCUT2D eigenvalue weighted by Crippen LogP contribution is -2.70. The first kappa shape index (κ1) is 18.3. The first-order valence-corrected chi connectivity index (χ1v) is 9.19. The molecule has 2 aliphatic rings. The van der Waals surface area contributed by atoms with Gasteiger partial charge in [-0.25, -0.2) is 0 Å². The minimum atomic E-state index is -0.337. The molecule has 0 aromatic heterocycles. The van der Waals surface area contributed by atoms with E-state index in [1.54, 1.807) is 13.8 Å². The molecule has 1 atom stereocenters. The highest BCUT2D eigenvalue weighted by atomic mass is 16.2. The fourth-order valence-corrected chi connectivity index (χ4v) is 5.29. The lowest BCUT2D eigenvalue weighted by atomic mass is 9.74. The number of nitrogens with zero attached hydrogens (tertiary/aromatic N) is 2. The summed E-state index contributed by atoms with van der Waals surface area (Å²) >= 11 is 0. The van der Waals surface area contributed by atoms with E-state index in [1.165, 1.54) is 19.3 Å². The first-order chi connectivity index (χ1) is 10.6. The smallest absolute Gasteiger partial charge is 0.220 e. The summed E-state index contributed by atoms with van der Waals surface area (Å²) in [5.41, 5.74) is -0.489. The molecule has 4 nitrogen and oxygen atoms in total. The second kappa shape index (κ2) is 6.45. The summed E-state index contributed by atoms with van der Waals surface area (Å²) in [5.74, 6) is 0.273. The van der Waals surface area contributed by atoms with E-state index in [2.05, 4.69) is 32.6 Å². The number of carbonyl (C=O) groups excluding carboxylic acids is 2. The van der Waals surface area contributed by atoms with Crippen LogP contribution in [0.5, 0.6) is 0 Å². The van der Waals surface area contributed by atoms with Gasteiger partial charge in [0.2, 0.25) is 11.8 Å². The third-order valence-electron chi connectivity index (χ3n) is 6.01. The third kappa shape index (κ3) is 3.41. The zero-order valence-electron chi connectivity index (χ0n) is 15.8. The van der Waals surface area contributed by atoms with Crippen molar-refractivity contribution in [2.75, 3.05) is 0 Å². The summed E-state index contributed by atoms with van der Waals surface area (Å²) in [6.07, 6.45) is 7.83. The van der Waals surface area contributed by atoms with Crippen LogP contribution < -0.4 is 0 Å². The van der Waals surface area contributed by atoms with Crippen LogP contribution in [0.4, 0.5) is 0 Å². The minimum absolute atomic E-state index is 0.108.